The summed E-state index contributed by atoms with van der Waals surface area (Å²) < 4.78 is 11.0. The largest absolute Gasteiger partial charge is 0.494 e. The van der Waals surface area contributed by atoms with Crippen LogP contribution in [0.25, 0.3) is 0 Å². The number of carbonyl (C=O) groups excluding carboxylic acids is 1. The standard InChI is InChI=1S/C10H12BNO3/c12-10(13)6-9-7-14-11(15-9)8-4-2-1-3-5-8/h1-5,9H,6-7H2,(H2,12,13)/t9-/m0/s1. The normalized spacial score (nSPS) is 20.5. The Kier molecular flexibility index (Phi) is 3.04. The van der Waals surface area contributed by atoms with E-state index in [4.69, 9.17) is 15.0 Å². The van der Waals surface area contributed by atoms with E-state index in [1.807, 2.05) is 30.3 Å². The first kappa shape index (κ1) is 10.2. The molecular formula is C10H12BNO3. The first-order chi connectivity index (χ1) is 7.25. The van der Waals surface area contributed by atoms with Crippen LogP contribution in [0.2, 0.25) is 0 Å². The Morgan fingerprint density at radius 1 is 1.47 bits per heavy atom. The molecule has 1 atom stereocenters. The highest BCUT2D eigenvalue weighted by Gasteiger charge is 2.33. The van der Waals surface area contributed by atoms with Gasteiger partial charge in [-0.2, -0.15) is 0 Å². The molecule has 1 aliphatic heterocycles. The number of hydrogen-bond acceptors (Lipinski definition) is 3. The molecule has 0 aliphatic carbocycles. The van der Waals surface area contributed by atoms with E-state index in [1.165, 1.54) is 0 Å². The van der Waals surface area contributed by atoms with Crippen LogP contribution in [0.1, 0.15) is 6.42 Å². The predicted molar refractivity (Wildman–Crippen MR) is 56.5 cm³/mol. The molecule has 0 spiro atoms. The fraction of sp³-hybridized carbons (Fsp3) is 0.300. The summed E-state index contributed by atoms with van der Waals surface area (Å²) in [6.45, 7) is 0.419. The Bertz CT molecular complexity index is 344. The highest BCUT2D eigenvalue weighted by atomic mass is 16.6. The molecule has 2 N–H and O–H groups in total. The van der Waals surface area contributed by atoms with Gasteiger partial charge in [0.15, 0.2) is 0 Å². The molecule has 0 radical (unpaired) electrons. The lowest BCUT2D eigenvalue weighted by Crippen LogP contribution is -2.32. The zero-order valence-corrected chi connectivity index (χ0v) is 8.26. The molecule has 0 bridgehead atoms. The molecule has 1 aliphatic rings. The van der Waals surface area contributed by atoms with Crippen LogP contribution in [0.4, 0.5) is 0 Å². The van der Waals surface area contributed by atoms with Crippen molar-refractivity contribution in [3.63, 3.8) is 0 Å². The third-order valence-electron chi connectivity index (χ3n) is 2.25. The average molecular weight is 205 g/mol. The second-order valence-corrected chi connectivity index (χ2v) is 3.50. The van der Waals surface area contributed by atoms with Gasteiger partial charge in [-0.1, -0.05) is 30.3 Å². The molecular weight excluding hydrogens is 193 g/mol. The average Bonchev–Trinajstić information content (AvgIpc) is 2.67. The SMILES string of the molecule is NC(=O)C[C@H]1COB(c2ccccc2)O1. The summed E-state index contributed by atoms with van der Waals surface area (Å²) in [6.07, 6.45) is -0.00345. The Hall–Kier alpha value is -1.33. The summed E-state index contributed by atoms with van der Waals surface area (Å²) in [4.78, 5) is 10.7. The minimum Gasteiger partial charge on any atom is -0.405 e. The molecule has 2 rings (SSSR count). The van der Waals surface area contributed by atoms with E-state index < -0.39 is 0 Å². The third-order valence-corrected chi connectivity index (χ3v) is 2.25. The number of primary amides is 1. The summed E-state index contributed by atoms with van der Waals surface area (Å²) in [5, 5.41) is 0. The van der Waals surface area contributed by atoms with Crippen molar-refractivity contribution in [2.75, 3.05) is 6.61 Å². The van der Waals surface area contributed by atoms with E-state index in [0.717, 1.165) is 5.46 Å². The van der Waals surface area contributed by atoms with Crippen molar-refractivity contribution in [2.24, 2.45) is 5.73 Å². The van der Waals surface area contributed by atoms with Crippen LogP contribution >= 0.6 is 0 Å². The number of nitrogens with two attached hydrogens (primary N) is 1. The second kappa shape index (κ2) is 4.46. The van der Waals surface area contributed by atoms with E-state index in [1.54, 1.807) is 0 Å². The summed E-state index contributed by atoms with van der Waals surface area (Å²) in [5.74, 6) is -0.364. The van der Waals surface area contributed by atoms with Gasteiger partial charge in [0.1, 0.15) is 0 Å². The van der Waals surface area contributed by atoms with Gasteiger partial charge in [-0.15, -0.1) is 0 Å². The monoisotopic (exact) mass is 205 g/mol. The maximum absolute atomic E-state index is 10.7. The maximum atomic E-state index is 10.7. The summed E-state index contributed by atoms with van der Waals surface area (Å²) in [5.41, 5.74) is 6.04. The summed E-state index contributed by atoms with van der Waals surface area (Å²) in [7, 11) is -0.365. The number of carbonyl (C=O) groups is 1. The van der Waals surface area contributed by atoms with Gasteiger partial charge in [0.05, 0.1) is 19.1 Å². The summed E-state index contributed by atoms with van der Waals surface area (Å²) >= 11 is 0. The minimum atomic E-state index is -0.365. The molecule has 0 unspecified atom stereocenters. The Labute approximate surface area is 88.5 Å². The number of benzene rings is 1. The number of rotatable bonds is 3. The van der Waals surface area contributed by atoms with Crippen molar-refractivity contribution in [1.82, 2.24) is 0 Å². The van der Waals surface area contributed by atoms with Crippen LogP contribution in [-0.4, -0.2) is 25.7 Å². The van der Waals surface area contributed by atoms with Crippen molar-refractivity contribution in [1.29, 1.82) is 0 Å². The van der Waals surface area contributed by atoms with Crippen molar-refractivity contribution >= 4 is 18.5 Å². The summed E-state index contributed by atoms with van der Waals surface area (Å²) in [6, 6.07) is 9.63. The highest BCUT2D eigenvalue weighted by molar-refractivity contribution is 6.61. The lowest BCUT2D eigenvalue weighted by molar-refractivity contribution is -0.119. The maximum Gasteiger partial charge on any atom is 0.494 e. The van der Waals surface area contributed by atoms with Gasteiger partial charge in [0, 0.05) is 0 Å². The van der Waals surface area contributed by atoms with Crippen LogP contribution in [0.15, 0.2) is 30.3 Å². The lowest BCUT2D eigenvalue weighted by atomic mass is 9.79. The molecule has 1 fully saturated rings. The van der Waals surface area contributed by atoms with Crippen LogP contribution in [0, 0.1) is 0 Å². The highest BCUT2D eigenvalue weighted by Crippen LogP contribution is 2.11. The van der Waals surface area contributed by atoms with Gasteiger partial charge in [0.25, 0.3) is 0 Å². The van der Waals surface area contributed by atoms with E-state index >= 15 is 0 Å². The molecule has 5 heteroatoms. The van der Waals surface area contributed by atoms with Crippen LogP contribution in [0.3, 0.4) is 0 Å². The van der Waals surface area contributed by atoms with E-state index in [0.29, 0.717) is 6.61 Å². The minimum absolute atomic E-state index is 0.212. The molecule has 1 aromatic carbocycles. The van der Waals surface area contributed by atoms with Crippen LogP contribution in [0.5, 0.6) is 0 Å². The fourth-order valence-corrected chi connectivity index (χ4v) is 1.56. The Balaban J connectivity index is 1.96. The van der Waals surface area contributed by atoms with Crippen molar-refractivity contribution in [3.8, 4) is 0 Å². The smallest absolute Gasteiger partial charge is 0.405 e. The van der Waals surface area contributed by atoms with Crippen molar-refractivity contribution < 1.29 is 14.1 Å². The van der Waals surface area contributed by atoms with Gasteiger partial charge in [-0.05, 0) is 5.46 Å². The van der Waals surface area contributed by atoms with E-state index in [2.05, 4.69) is 0 Å². The molecule has 15 heavy (non-hydrogen) atoms. The molecule has 1 amide bonds. The van der Waals surface area contributed by atoms with Crippen LogP contribution < -0.4 is 11.2 Å². The molecule has 4 nitrogen and oxygen atoms in total. The molecule has 0 saturated carbocycles. The van der Waals surface area contributed by atoms with E-state index in [9.17, 15) is 4.79 Å². The number of hydrogen-bond donors (Lipinski definition) is 1. The quantitative estimate of drug-likeness (QED) is 0.687. The Morgan fingerprint density at radius 2 is 2.20 bits per heavy atom. The van der Waals surface area contributed by atoms with Crippen molar-refractivity contribution in [2.45, 2.75) is 12.5 Å². The molecule has 1 saturated heterocycles. The third kappa shape index (κ3) is 2.58. The zero-order valence-electron chi connectivity index (χ0n) is 8.26. The predicted octanol–water partition coefficient (Wildman–Crippen LogP) is -0.327. The van der Waals surface area contributed by atoms with Gasteiger partial charge < -0.3 is 15.0 Å². The van der Waals surface area contributed by atoms with Gasteiger partial charge in [-0.25, -0.2) is 0 Å². The first-order valence-corrected chi connectivity index (χ1v) is 4.86. The van der Waals surface area contributed by atoms with Gasteiger partial charge in [0.2, 0.25) is 5.91 Å². The molecule has 78 valence electrons. The molecule has 1 aromatic rings. The zero-order chi connectivity index (χ0) is 10.7. The van der Waals surface area contributed by atoms with Gasteiger partial charge in [-0.3, -0.25) is 4.79 Å². The number of amides is 1. The molecule has 1 heterocycles. The van der Waals surface area contributed by atoms with Crippen molar-refractivity contribution in [3.05, 3.63) is 30.3 Å². The first-order valence-electron chi connectivity index (χ1n) is 4.86. The lowest BCUT2D eigenvalue weighted by Gasteiger charge is -2.06. The Morgan fingerprint density at radius 3 is 2.87 bits per heavy atom. The van der Waals surface area contributed by atoms with Gasteiger partial charge >= 0.3 is 7.12 Å². The second-order valence-electron chi connectivity index (χ2n) is 3.50. The van der Waals surface area contributed by atoms with E-state index in [-0.39, 0.29) is 25.6 Å². The fourth-order valence-electron chi connectivity index (χ4n) is 1.56. The molecule has 0 aromatic heterocycles. The topological polar surface area (TPSA) is 61.6 Å². The van der Waals surface area contributed by atoms with Crippen LogP contribution in [-0.2, 0) is 14.1 Å².